The van der Waals surface area contributed by atoms with E-state index in [0.717, 1.165) is 16.5 Å². The number of nitrogens with zero attached hydrogens (tertiary/aromatic N) is 2. The zero-order chi connectivity index (χ0) is 13.1. The second-order valence-corrected chi connectivity index (χ2v) is 4.19. The molecule has 94 valence electrons. The van der Waals surface area contributed by atoms with Gasteiger partial charge >= 0.3 is 5.97 Å². The molecule has 0 spiro atoms. The fourth-order valence-corrected chi connectivity index (χ4v) is 1.95. The summed E-state index contributed by atoms with van der Waals surface area (Å²) in [5.41, 5.74) is 1.61. The number of esters is 1. The van der Waals surface area contributed by atoms with E-state index in [4.69, 9.17) is 16.3 Å². The van der Waals surface area contributed by atoms with Crippen molar-refractivity contribution in [2.24, 2.45) is 7.05 Å². The zero-order valence-corrected chi connectivity index (χ0v) is 10.9. The number of ether oxygens (including phenoxy) is 1. The minimum atomic E-state index is -0.380. The lowest BCUT2D eigenvalue weighted by atomic mass is 10.1. The molecule has 0 aliphatic rings. The number of carbonyl (C=O) groups is 1. The highest BCUT2D eigenvalue weighted by atomic mass is 35.5. The highest BCUT2D eigenvalue weighted by Gasteiger charge is 2.07. The average Bonchev–Trinajstić information content (AvgIpc) is 2.69. The van der Waals surface area contributed by atoms with Gasteiger partial charge in [0.15, 0.2) is 0 Å². The van der Waals surface area contributed by atoms with Gasteiger partial charge in [0.1, 0.15) is 0 Å². The van der Waals surface area contributed by atoms with Crippen LogP contribution in [0.15, 0.2) is 24.4 Å². The van der Waals surface area contributed by atoms with Crippen LogP contribution in [0.4, 0.5) is 0 Å². The van der Waals surface area contributed by atoms with Crippen LogP contribution in [-0.4, -0.2) is 22.4 Å². The first kappa shape index (κ1) is 12.6. The van der Waals surface area contributed by atoms with Crippen molar-refractivity contribution in [1.82, 2.24) is 9.78 Å². The Labute approximate surface area is 110 Å². The minimum Gasteiger partial charge on any atom is -0.463 e. The van der Waals surface area contributed by atoms with E-state index < -0.39 is 0 Å². The Morgan fingerprint density at radius 2 is 2.33 bits per heavy atom. The SMILES string of the molecule is CCOC(=O)/C=C/c1c(Cl)ccc2nn(C)cc12. The molecule has 5 heteroatoms. The van der Waals surface area contributed by atoms with E-state index in [9.17, 15) is 4.79 Å². The Balaban J connectivity index is 2.43. The van der Waals surface area contributed by atoms with Crippen LogP contribution in [0.25, 0.3) is 17.0 Å². The molecule has 2 rings (SSSR count). The van der Waals surface area contributed by atoms with Crippen LogP contribution in [0.1, 0.15) is 12.5 Å². The summed E-state index contributed by atoms with van der Waals surface area (Å²) in [6, 6.07) is 3.61. The van der Waals surface area contributed by atoms with Crippen molar-refractivity contribution in [2.45, 2.75) is 6.92 Å². The molecular formula is C13H13ClN2O2. The van der Waals surface area contributed by atoms with E-state index in [-0.39, 0.29) is 5.97 Å². The Morgan fingerprint density at radius 1 is 1.56 bits per heavy atom. The molecule has 0 fully saturated rings. The number of hydrogen-bond donors (Lipinski definition) is 0. The number of hydrogen-bond acceptors (Lipinski definition) is 3. The van der Waals surface area contributed by atoms with E-state index in [1.165, 1.54) is 6.08 Å². The molecule has 0 bridgehead atoms. The van der Waals surface area contributed by atoms with Crippen molar-refractivity contribution in [3.8, 4) is 0 Å². The molecule has 0 aliphatic heterocycles. The van der Waals surface area contributed by atoms with Gasteiger partial charge in [-0.05, 0) is 25.1 Å². The number of benzene rings is 1. The number of rotatable bonds is 3. The van der Waals surface area contributed by atoms with Crippen LogP contribution in [0.5, 0.6) is 0 Å². The van der Waals surface area contributed by atoms with Crippen molar-refractivity contribution in [3.05, 3.63) is 35.0 Å². The summed E-state index contributed by atoms with van der Waals surface area (Å²) in [6.07, 6.45) is 4.90. The first-order valence-electron chi connectivity index (χ1n) is 5.58. The maximum Gasteiger partial charge on any atom is 0.330 e. The van der Waals surface area contributed by atoms with Gasteiger partial charge in [-0.3, -0.25) is 4.68 Å². The van der Waals surface area contributed by atoms with E-state index in [2.05, 4.69) is 5.10 Å². The Kier molecular flexibility index (Phi) is 3.67. The largest absolute Gasteiger partial charge is 0.463 e. The molecule has 1 aromatic heterocycles. The first-order chi connectivity index (χ1) is 8.61. The van der Waals surface area contributed by atoms with Crippen molar-refractivity contribution in [1.29, 1.82) is 0 Å². The van der Waals surface area contributed by atoms with Crippen LogP contribution >= 0.6 is 11.6 Å². The minimum absolute atomic E-state index is 0.355. The highest BCUT2D eigenvalue weighted by molar-refractivity contribution is 6.33. The fraction of sp³-hybridized carbons (Fsp3) is 0.231. The van der Waals surface area contributed by atoms with Gasteiger partial charge in [0.05, 0.1) is 12.1 Å². The number of carbonyl (C=O) groups excluding carboxylic acids is 1. The molecule has 0 aliphatic carbocycles. The average molecular weight is 265 g/mol. The molecule has 1 heterocycles. The highest BCUT2D eigenvalue weighted by Crippen LogP contribution is 2.26. The van der Waals surface area contributed by atoms with Gasteiger partial charge in [0.25, 0.3) is 0 Å². The summed E-state index contributed by atoms with van der Waals surface area (Å²) < 4.78 is 6.54. The zero-order valence-electron chi connectivity index (χ0n) is 10.2. The van der Waals surface area contributed by atoms with E-state index in [0.29, 0.717) is 11.6 Å². The predicted molar refractivity (Wildman–Crippen MR) is 71.4 cm³/mol. The van der Waals surface area contributed by atoms with Gasteiger partial charge in [0, 0.05) is 35.3 Å². The summed E-state index contributed by atoms with van der Waals surface area (Å²) in [7, 11) is 1.84. The maximum atomic E-state index is 11.3. The molecule has 2 aromatic rings. The quantitative estimate of drug-likeness (QED) is 0.632. The second kappa shape index (κ2) is 5.23. The number of aryl methyl sites for hydroxylation is 1. The predicted octanol–water partition coefficient (Wildman–Crippen LogP) is 2.80. The standard InChI is InChI=1S/C13H13ClN2O2/c1-3-18-13(17)7-4-9-10-8-16(2)15-12(10)6-5-11(9)14/h4-8H,3H2,1-2H3/b7-4+. The normalized spacial score (nSPS) is 11.3. The molecule has 1 aromatic carbocycles. The number of fused-ring (bicyclic) bond motifs is 1. The monoisotopic (exact) mass is 264 g/mol. The van der Waals surface area contributed by atoms with Crippen LogP contribution in [0.2, 0.25) is 5.02 Å². The summed E-state index contributed by atoms with van der Waals surface area (Å²) >= 11 is 6.13. The number of halogens is 1. The first-order valence-corrected chi connectivity index (χ1v) is 5.96. The molecule has 4 nitrogen and oxygen atoms in total. The van der Waals surface area contributed by atoms with Gasteiger partial charge < -0.3 is 4.74 Å². The van der Waals surface area contributed by atoms with Crippen molar-refractivity contribution >= 4 is 34.5 Å². The summed E-state index contributed by atoms with van der Waals surface area (Å²) in [5, 5.41) is 5.77. The Hall–Kier alpha value is -1.81. The Bertz CT molecular complexity index is 617. The topological polar surface area (TPSA) is 44.1 Å². The van der Waals surface area contributed by atoms with Gasteiger partial charge in [-0.2, -0.15) is 5.10 Å². The second-order valence-electron chi connectivity index (χ2n) is 3.78. The third-order valence-electron chi connectivity index (χ3n) is 2.47. The lowest BCUT2D eigenvalue weighted by Crippen LogP contribution is -1.98. The lowest BCUT2D eigenvalue weighted by molar-refractivity contribution is -0.137. The third kappa shape index (κ3) is 2.54. The van der Waals surface area contributed by atoms with E-state index in [1.807, 2.05) is 19.3 Å². The number of aromatic nitrogens is 2. The smallest absolute Gasteiger partial charge is 0.330 e. The van der Waals surface area contributed by atoms with Crippen LogP contribution in [0.3, 0.4) is 0 Å². The molecule has 0 saturated heterocycles. The van der Waals surface area contributed by atoms with Gasteiger partial charge in [-0.1, -0.05) is 11.6 Å². The molecule has 0 unspecified atom stereocenters. The molecule has 18 heavy (non-hydrogen) atoms. The van der Waals surface area contributed by atoms with Gasteiger partial charge in [-0.15, -0.1) is 0 Å². The van der Waals surface area contributed by atoms with Crippen LogP contribution in [0, 0.1) is 0 Å². The summed E-state index contributed by atoms with van der Waals surface area (Å²) in [4.78, 5) is 11.3. The Morgan fingerprint density at radius 3 is 3.06 bits per heavy atom. The molecule has 0 atom stereocenters. The molecular weight excluding hydrogens is 252 g/mol. The molecule has 0 N–H and O–H groups in total. The fourth-order valence-electron chi connectivity index (χ4n) is 1.72. The van der Waals surface area contributed by atoms with Crippen molar-refractivity contribution < 1.29 is 9.53 Å². The van der Waals surface area contributed by atoms with Crippen LogP contribution < -0.4 is 0 Å². The van der Waals surface area contributed by atoms with Gasteiger partial charge in [0.2, 0.25) is 0 Å². The van der Waals surface area contributed by atoms with Crippen molar-refractivity contribution in [2.75, 3.05) is 6.61 Å². The summed E-state index contributed by atoms with van der Waals surface area (Å²) in [6.45, 7) is 2.12. The summed E-state index contributed by atoms with van der Waals surface area (Å²) in [5.74, 6) is -0.380. The van der Waals surface area contributed by atoms with Gasteiger partial charge in [-0.25, -0.2) is 4.79 Å². The van der Waals surface area contributed by atoms with E-state index in [1.54, 1.807) is 23.7 Å². The molecule has 0 amide bonds. The van der Waals surface area contributed by atoms with Crippen LogP contribution in [-0.2, 0) is 16.6 Å². The molecule has 0 radical (unpaired) electrons. The molecule has 0 saturated carbocycles. The van der Waals surface area contributed by atoms with E-state index >= 15 is 0 Å². The maximum absolute atomic E-state index is 11.3. The third-order valence-corrected chi connectivity index (χ3v) is 2.79. The lowest BCUT2D eigenvalue weighted by Gasteiger charge is -2.00. The van der Waals surface area contributed by atoms with Crippen molar-refractivity contribution in [3.63, 3.8) is 0 Å².